The summed E-state index contributed by atoms with van der Waals surface area (Å²) in [5.74, 6) is 0. The highest BCUT2D eigenvalue weighted by molar-refractivity contribution is 5.88. The predicted molar refractivity (Wildman–Crippen MR) is 77.3 cm³/mol. The zero-order valence-electron chi connectivity index (χ0n) is 11.8. The van der Waals surface area contributed by atoms with Crippen molar-refractivity contribution in [2.24, 2.45) is 0 Å². The summed E-state index contributed by atoms with van der Waals surface area (Å²) in [5, 5.41) is 1.45. The van der Waals surface area contributed by atoms with E-state index in [9.17, 15) is 0 Å². The fourth-order valence-electron chi connectivity index (χ4n) is 3.30. The van der Waals surface area contributed by atoms with E-state index < -0.39 is 0 Å². The van der Waals surface area contributed by atoms with Gasteiger partial charge in [-0.3, -0.25) is 0 Å². The second-order valence-corrected chi connectivity index (χ2v) is 5.95. The van der Waals surface area contributed by atoms with E-state index in [1.54, 1.807) is 5.56 Å². The number of nitrogens with zero attached hydrogens (tertiary/aromatic N) is 1. The Bertz CT molecular complexity index is 593. The Hall–Kier alpha value is -1.28. The molecule has 0 amide bonds. The molecule has 2 heteroatoms. The molecule has 1 heterocycles. The minimum Gasteiger partial charge on any atom is -0.358 e. The number of likely N-dealkylation sites (N-methyl/N-ethyl adjacent to an activating group) is 1. The van der Waals surface area contributed by atoms with E-state index in [1.807, 2.05) is 0 Å². The summed E-state index contributed by atoms with van der Waals surface area (Å²) in [4.78, 5) is 6.02. The standard InChI is InChI=1S/C16H22N2/c1-10-7-11(2)16-14(8-10)13-9-12(18(3)4)5-6-15(13)17-16/h7-8,12,17H,5-6,9H2,1-4H3. The minimum absolute atomic E-state index is 0.692. The van der Waals surface area contributed by atoms with Gasteiger partial charge in [0.25, 0.3) is 0 Å². The first-order chi connectivity index (χ1) is 8.56. The lowest BCUT2D eigenvalue weighted by molar-refractivity contribution is 0.268. The van der Waals surface area contributed by atoms with Crippen LogP contribution in [-0.4, -0.2) is 30.0 Å². The van der Waals surface area contributed by atoms with Gasteiger partial charge < -0.3 is 9.88 Å². The van der Waals surface area contributed by atoms with Gasteiger partial charge in [-0.25, -0.2) is 0 Å². The van der Waals surface area contributed by atoms with Crippen LogP contribution < -0.4 is 0 Å². The summed E-state index contributed by atoms with van der Waals surface area (Å²) < 4.78 is 0. The molecular formula is C16H22N2. The van der Waals surface area contributed by atoms with Crippen molar-refractivity contribution in [3.63, 3.8) is 0 Å². The smallest absolute Gasteiger partial charge is 0.0488 e. The Balaban J connectivity index is 2.15. The Labute approximate surface area is 109 Å². The number of hydrogen-bond acceptors (Lipinski definition) is 1. The van der Waals surface area contributed by atoms with Gasteiger partial charge in [0.05, 0.1) is 0 Å². The number of fused-ring (bicyclic) bond motifs is 3. The Morgan fingerprint density at radius 1 is 1.22 bits per heavy atom. The first-order valence-electron chi connectivity index (χ1n) is 6.83. The molecule has 96 valence electrons. The molecule has 1 aromatic heterocycles. The van der Waals surface area contributed by atoms with E-state index in [4.69, 9.17) is 0 Å². The number of rotatable bonds is 1. The van der Waals surface area contributed by atoms with Crippen LogP contribution in [0, 0.1) is 13.8 Å². The van der Waals surface area contributed by atoms with Gasteiger partial charge in [0.15, 0.2) is 0 Å². The maximum atomic E-state index is 3.65. The third-order valence-corrected chi connectivity index (χ3v) is 4.34. The highest BCUT2D eigenvalue weighted by Gasteiger charge is 2.24. The Morgan fingerprint density at radius 2 is 2.00 bits per heavy atom. The average molecular weight is 242 g/mol. The fourth-order valence-corrected chi connectivity index (χ4v) is 3.30. The molecule has 1 atom stereocenters. The van der Waals surface area contributed by atoms with Gasteiger partial charge >= 0.3 is 0 Å². The van der Waals surface area contributed by atoms with Crippen LogP contribution in [0.1, 0.15) is 28.8 Å². The molecule has 1 aliphatic rings. The maximum absolute atomic E-state index is 3.65. The molecule has 2 nitrogen and oxygen atoms in total. The first kappa shape index (κ1) is 11.8. The molecule has 1 unspecified atom stereocenters. The van der Waals surface area contributed by atoms with E-state index in [0.717, 1.165) is 0 Å². The summed E-state index contributed by atoms with van der Waals surface area (Å²) in [7, 11) is 4.39. The highest BCUT2D eigenvalue weighted by Crippen LogP contribution is 2.32. The molecule has 0 bridgehead atoms. The lowest BCUT2D eigenvalue weighted by Gasteiger charge is -2.28. The number of benzene rings is 1. The molecule has 0 aliphatic heterocycles. The number of nitrogens with one attached hydrogen (secondary N) is 1. The molecule has 3 rings (SSSR count). The fraction of sp³-hybridized carbons (Fsp3) is 0.500. The Morgan fingerprint density at radius 3 is 2.72 bits per heavy atom. The average Bonchev–Trinajstić information content (AvgIpc) is 2.67. The van der Waals surface area contributed by atoms with E-state index in [-0.39, 0.29) is 0 Å². The number of aromatic amines is 1. The summed E-state index contributed by atoms with van der Waals surface area (Å²) >= 11 is 0. The van der Waals surface area contributed by atoms with Crippen molar-refractivity contribution in [2.75, 3.05) is 14.1 Å². The molecule has 18 heavy (non-hydrogen) atoms. The summed E-state index contributed by atoms with van der Waals surface area (Å²) in [6.07, 6.45) is 3.64. The van der Waals surface area contributed by atoms with Crippen LogP contribution in [0.2, 0.25) is 0 Å². The van der Waals surface area contributed by atoms with Crippen LogP contribution >= 0.6 is 0 Å². The molecule has 0 fully saturated rings. The molecule has 1 aromatic carbocycles. The first-order valence-corrected chi connectivity index (χ1v) is 6.83. The largest absolute Gasteiger partial charge is 0.358 e. The second kappa shape index (κ2) is 4.13. The van der Waals surface area contributed by atoms with Crippen LogP contribution in [0.15, 0.2) is 12.1 Å². The molecule has 0 saturated heterocycles. The number of hydrogen-bond donors (Lipinski definition) is 1. The van der Waals surface area contributed by atoms with E-state index in [0.29, 0.717) is 6.04 Å². The van der Waals surface area contributed by atoms with Crippen molar-refractivity contribution in [2.45, 2.75) is 39.2 Å². The molecule has 0 saturated carbocycles. The highest BCUT2D eigenvalue weighted by atomic mass is 15.1. The lowest BCUT2D eigenvalue weighted by atomic mass is 9.90. The number of H-pyrrole nitrogens is 1. The molecule has 0 radical (unpaired) electrons. The van der Waals surface area contributed by atoms with Crippen LogP contribution in [0.25, 0.3) is 10.9 Å². The van der Waals surface area contributed by atoms with Crippen LogP contribution in [-0.2, 0) is 12.8 Å². The van der Waals surface area contributed by atoms with E-state index in [2.05, 4.69) is 50.0 Å². The van der Waals surface area contributed by atoms with Crippen molar-refractivity contribution in [3.05, 3.63) is 34.5 Å². The van der Waals surface area contributed by atoms with Crippen LogP contribution in [0.3, 0.4) is 0 Å². The van der Waals surface area contributed by atoms with Gasteiger partial charge in [0.2, 0.25) is 0 Å². The predicted octanol–water partition coefficient (Wildman–Crippen LogP) is 3.20. The van der Waals surface area contributed by atoms with Crippen molar-refractivity contribution in [1.82, 2.24) is 9.88 Å². The molecule has 0 spiro atoms. The van der Waals surface area contributed by atoms with Gasteiger partial charge in [-0.15, -0.1) is 0 Å². The van der Waals surface area contributed by atoms with Crippen molar-refractivity contribution in [1.29, 1.82) is 0 Å². The quantitative estimate of drug-likeness (QED) is 0.813. The van der Waals surface area contributed by atoms with Crippen molar-refractivity contribution < 1.29 is 0 Å². The number of aromatic nitrogens is 1. The molecule has 2 aromatic rings. The third kappa shape index (κ3) is 1.76. The van der Waals surface area contributed by atoms with Crippen molar-refractivity contribution in [3.8, 4) is 0 Å². The SMILES string of the molecule is Cc1cc(C)c2[nH]c3c(c2c1)CC(N(C)C)CC3. The van der Waals surface area contributed by atoms with Crippen molar-refractivity contribution >= 4 is 10.9 Å². The zero-order valence-corrected chi connectivity index (χ0v) is 11.8. The van der Waals surface area contributed by atoms with Gasteiger partial charge in [-0.05, 0) is 64.4 Å². The van der Waals surface area contributed by atoms with Gasteiger partial charge in [-0.1, -0.05) is 11.6 Å². The normalized spacial score (nSPS) is 19.5. The molecule has 1 N–H and O–H groups in total. The summed E-state index contributed by atoms with van der Waals surface area (Å²) in [6, 6.07) is 5.31. The lowest BCUT2D eigenvalue weighted by Crippen LogP contribution is -2.33. The van der Waals surface area contributed by atoms with Gasteiger partial charge in [0.1, 0.15) is 0 Å². The topological polar surface area (TPSA) is 19.0 Å². The summed E-state index contributed by atoms with van der Waals surface area (Å²) in [6.45, 7) is 4.40. The Kier molecular flexibility index (Phi) is 2.70. The third-order valence-electron chi connectivity index (χ3n) is 4.34. The van der Waals surface area contributed by atoms with Crippen LogP contribution in [0.5, 0.6) is 0 Å². The van der Waals surface area contributed by atoms with Gasteiger partial charge in [0, 0.05) is 22.6 Å². The summed E-state index contributed by atoms with van der Waals surface area (Å²) in [5.41, 5.74) is 7.12. The minimum atomic E-state index is 0.692. The second-order valence-electron chi connectivity index (χ2n) is 5.95. The molecular weight excluding hydrogens is 220 g/mol. The van der Waals surface area contributed by atoms with E-state index >= 15 is 0 Å². The van der Waals surface area contributed by atoms with E-state index in [1.165, 1.54) is 47.0 Å². The number of aryl methyl sites for hydroxylation is 3. The maximum Gasteiger partial charge on any atom is 0.0488 e. The van der Waals surface area contributed by atoms with Gasteiger partial charge in [-0.2, -0.15) is 0 Å². The van der Waals surface area contributed by atoms with Crippen LogP contribution in [0.4, 0.5) is 0 Å². The molecule has 1 aliphatic carbocycles. The zero-order chi connectivity index (χ0) is 12.9. The monoisotopic (exact) mass is 242 g/mol.